The molecule has 2 atom stereocenters. The van der Waals surface area contributed by atoms with Crippen molar-refractivity contribution in [2.24, 2.45) is 0 Å². The van der Waals surface area contributed by atoms with Crippen LogP contribution in [0.4, 0.5) is 5.69 Å². The van der Waals surface area contributed by atoms with Crippen molar-refractivity contribution in [3.63, 3.8) is 0 Å². The summed E-state index contributed by atoms with van der Waals surface area (Å²) in [6.45, 7) is 5.37. The van der Waals surface area contributed by atoms with Crippen molar-refractivity contribution in [1.29, 1.82) is 0 Å². The third-order valence-electron chi connectivity index (χ3n) is 4.47. The first kappa shape index (κ1) is 13.4. The van der Waals surface area contributed by atoms with Crippen LogP contribution >= 0.6 is 0 Å². The molecule has 2 N–H and O–H groups in total. The molecule has 2 fully saturated rings. The fraction of sp³-hybridized carbons (Fsp3) is 0.562. The lowest BCUT2D eigenvalue weighted by Gasteiger charge is -2.20. The Morgan fingerprint density at radius 3 is 2.75 bits per heavy atom. The molecule has 2 unspecified atom stereocenters. The van der Waals surface area contributed by atoms with Crippen LogP contribution in [0, 0.1) is 6.92 Å². The molecule has 1 heterocycles. The zero-order valence-electron chi connectivity index (χ0n) is 12.1. The molecule has 0 bridgehead atoms. The summed E-state index contributed by atoms with van der Waals surface area (Å²) in [5, 5.41) is 12.6. The second-order valence-electron chi connectivity index (χ2n) is 6.19. The normalized spacial score (nSPS) is 26.7. The first-order valence-corrected chi connectivity index (χ1v) is 7.41. The highest BCUT2D eigenvalue weighted by Crippen LogP contribution is 2.34. The number of nitrogens with one attached hydrogen (secondary N) is 1. The van der Waals surface area contributed by atoms with Gasteiger partial charge in [-0.2, -0.15) is 0 Å². The molecule has 1 aromatic carbocycles. The topological polar surface area (TPSA) is 52.6 Å². The van der Waals surface area contributed by atoms with E-state index >= 15 is 0 Å². The highest BCUT2D eigenvalue weighted by atomic mass is 16.4. The van der Waals surface area contributed by atoms with Crippen molar-refractivity contribution in [3.8, 4) is 0 Å². The minimum atomic E-state index is -0.867. The Labute approximate surface area is 119 Å². The summed E-state index contributed by atoms with van der Waals surface area (Å²) >= 11 is 0. The number of aryl methyl sites for hydroxylation is 1. The number of likely N-dealkylation sites (tertiary alicyclic amines) is 1. The quantitative estimate of drug-likeness (QED) is 0.886. The molecule has 0 spiro atoms. The van der Waals surface area contributed by atoms with Crippen LogP contribution in [0.1, 0.15) is 42.1 Å². The number of carboxylic acids is 1. The standard InChI is InChI=1S/C16H22N2O2/c1-10-7-12(16(19)20)3-6-15(10)17-13-8-11(2)18(9-13)14-4-5-14/h3,6-7,11,13-14,17H,4-5,8-9H2,1-2H3,(H,19,20). The van der Waals surface area contributed by atoms with E-state index in [1.54, 1.807) is 12.1 Å². The van der Waals surface area contributed by atoms with E-state index in [0.29, 0.717) is 17.6 Å². The number of rotatable bonds is 4. The number of nitrogens with zero attached hydrogens (tertiary/aromatic N) is 1. The minimum Gasteiger partial charge on any atom is -0.478 e. The molecule has 1 saturated heterocycles. The van der Waals surface area contributed by atoms with Crippen LogP contribution in [0.25, 0.3) is 0 Å². The molecule has 4 nitrogen and oxygen atoms in total. The smallest absolute Gasteiger partial charge is 0.335 e. The Balaban J connectivity index is 1.67. The lowest BCUT2D eigenvalue weighted by molar-refractivity contribution is 0.0697. The maximum absolute atomic E-state index is 10.9. The highest BCUT2D eigenvalue weighted by Gasteiger charge is 2.38. The predicted octanol–water partition coefficient (Wildman–Crippen LogP) is 2.73. The van der Waals surface area contributed by atoms with Crippen molar-refractivity contribution in [3.05, 3.63) is 29.3 Å². The van der Waals surface area contributed by atoms with Gasteiger partial charge in [0, 0.05) is 30.4 Å². The fourth-order valence-electron chi connectivity index (χ4n) is 3.25. The van der Waals surface area contributed by atoms with Gasteiger partial charge in [-0.25, -0.2) is 4.79 Å². The number of hydrogen-bond acceptors (Lipinski definition) is 3. The molecular formula is C16H22N2O2. The number of benzene rings is 1. The molecule has 1 aliphatic carbocycles. The van der Waals surface area contributed by atoms with Crippen molar-refractivity contribution in [1.82, 2.24) is 4.90 Å². The number of carboxylic acid groups (broad SMARTS) is 1. The van der Waals surface area contributed by atoms with E-state index in [4.69, 9.17) is 5.11 Å². The summed E-state index contributed by atoms with van der Waals surface area (Å²) in [5.74, 6) is -0.867. The van der Waals surface area contributed by atoms with Crippen LogP contribution < -0.4 is 5.32 Å². The molecule has 0 radical (unpaired) electrons. The lowest BCUT2D eigenvalue weighted by Crippen LogP contribution is -2.31. The molecule has 2 aliphatic rings. The van der Waals surface area contributed by atoms with Gasteiger partial charge in [0.15, 0.2) is 0 Å². The summed E-state index contributed by atoms with van der Waals surface area (Å²) in [6.07, 6.45) is 3.86. The van der Waals surface area contributed by atoms with E-state index in [2.05, 4.69) is 17.1 Å². The maximum atomic E-state index is 10.9. The predicted molar refractivity (Wildman–Crippen MR) is 79.4 cm³/mol. The third kappa shape index (κ3) is 2.66. The molecule has 1 aromatic rings. The van der Waals surface area contributed by atoms with E-state index in [9.17, 15) is 4.79 Å². The zero-order chi connectivity index (χ0) is 14.3. The SMILES string of the molecule is Cc1cc(C(=O)O)ccc1NC1CC(C)N(C2CC2)C1. The lowest BCUT2D eigenvalue weighted by atomic mass is 10.1. The van der Waals surface area contributed by atoms with Gasteiger partial charge in [0.25, 0.3) is 0 Å². The molecule has 0 amide bonds. The zero-order valence-corrected chi connectivity index (χ0v) is 12.1. The Morgan fingerprint density at radius 1 is 1.40 bits per heavy atom. The minimum absolute atomic E-state index is 0.354. The van der Waals surface area contributed by atoms with Gasteiger partial charge >= 0.3 is 5.97 Å². The maximum Gasteiger partial charge on any atom is 0.335 e. The van der Waals surface area contributed by atoms with E-state index in [1.165, 1.54) is 12.8 Å². The van der Waals surface area contributed by atoms with Crippen LogP contribution in [0.3, 0.4) is 0 Å². The fourth-order valence-corrected chi connectivity index (χ4v) is 3.25. The first-order valence-electron chi connectivity index (χ1n) is 7.41. The van der Waals surface area contributed by atoms with Gasteiger partial charge in [-0.15, -0.1) is 0 Å². The Bertz CT molecular complexity index is 525. The molecule has 1 saturated carbocycles. The van der Waals surface area contributed by atoms with Crippen molar-refractivity contribution >= 4 is 11.7 Å². The van der Waals surface area contributed by atoms with E-state index < -0.39 is 5.97 Å². The first-order chi connectivity index (χ1) is 9.54. The molecule has 4 heteroatoms. The van der Waals surface area contributed by atoms with Gasteiger partial charge < -0.3 is 10.4 Å². The van der Waals surface area contributed by atoms with Crippen LogP contribution in [0.2, 0.25) is 0 Å². The Hall–Kier alpha value is -1.55. The monoisotopic (exact) mass is 274 g/mol. The van der Waals surface area contributed by atoms with Gasteiger partial charge in [0.2, 0.25) is 0 Å². The summed E-state index contributed by atoms with van der Waals surface area (Å²) in [4.78, 5) is 13.6. The van der Waals surface area contributed by atoms with Crippen molar-refractivity contribution in [2.75, 3.05) is 11.9 Å². The third-order valence-corrected chi connectivity index (χ3v) is 4.47. The molecule has 3 rings (SSSR count). The number of carbonyl (C=O) groups is 1. The van der Waals surface area contributed by atoms with E-state index in [0.717, 1.165) is 30.3 Å². The van der Waals surface area contributed by atoms with E-state index in [-0.39, 0.29) is 0 Å². The van der Waals surface area contributed by atoms with Gasteiger partial charge in [0.1, 0.15) is 0 Å². The molecule has 1 aliphatic heterocycles. The van der Waals surface area contributed by atoms with E-state index in [1.807, 2.05) is 13.0 Å². The summed E-state index contributed by atoms with van der Waals surface area (Å²) in [7, 11) is 0. The molecule has 0 aromatic heterocycles. The second kappa shape index (κ2) is 5.09. The van der Waals surface area contributed by atoms with Crippen LogP contribution in [0.15, 0.2) is 18.2 Å². The average molecular weight is 274 g/mol. The van der Waals surface area contributed by atoms with Crippen LogP contribution in [-0.2, 0) is 0 Å². The Kier molecular flexibility index (Phi) is 3.42. The average Bonchev–Trinajstić information content (AvgIpc) is 3.16. The van der Waals surface area contributed by atoms with Crippen LogP contribution in [0.5, 0.6) is 0 Å². The second-order valence-corrected chi connectivity index (χ2v) is 6.19. The largest absolute Gasteiger partial charge is 0.478 e. The number of hydrogen-bond donors (Lipinski definition) is 2. The summed E-state index contributed by atoms with van der Waals surface area (Å²) in [6, 6.07) is 7.24. The van der Waals surface area contributed by atoms with Gasteiger partial charge in [-0.1, -0.05) is 0 Å². The van der Waals surface area contributed by atoms with Gasteiger partial charge in [-0.3, -0.25) is 4.90 Å². The summed E-state index contributed by atoms with van der Waals surface area (Å²) < 4.78 is 0. The van der Waals surface area contributed by atoms with Gasteiger partial charge in [0.05, 0.1) is 5.56 Å². The molecule has 108 valence electrons. The highest BCUT2D eigenvalue weighted by molar-refractivity contribution is 5.88. The number of aromatic carboxylic acids is 1. The van der Waals surface area contributed by atoms with Gasteiger partial charge in [-0.05, 0) is 56.9 Å². The van der Waals surface area contributed by atoms with Crippen LogP contribution in [-0.4, -0.2) is 40.6 Å². The molecule has 20 heavy (non-hydrogen) atoms. The summed E-state index contributed by atoms with van der Waals surface area (Å²) in [5.41, 5.74) is 2.42. The molecular weight excluding hydrogens is 252 g/mol. The Morgan fingerprint density at radius 2 is 2.15 bits per heavy atom. The van der Waals surface area contributed by atoms with Crippen molar-refractivity contribution < 1.29 is 9.90 Å². The number of anilines is 1. The van der Waals surface area contributed by atoms with Crippen molar-refractivity contribution in [2.45, 2.75) is 51.2 Å².